The van der Waals surface area contributed by atoms with Gasteiger partial charge < -0.3 is 10.1 Å². The van der Waals surface area contributed by atoms with Gasteiger partial charge in [-0.1, -0.05) is 0 Å². The van der Waals surface area contributed by atoms with E-state index in [-0.39, 0.29) is 11.8 Å². The van der Waals surface area contributed by atoms with Crippen molar-refractivity contribution in [2.45, 2.75) is 12.8 Å². The molecule has 1 aliphatic heterocycles. The second-order valence-electron chi connectivity index (χ2n) is 3.42. The summed E-state index contributed by atoms with van der Waals surface area (Å²) in [7, 11) is 0. The van der Waals surface area contributed by atoms with Crippen molar-refractivity contribution in [2.24, 2.45) is 11.8 Å². The van der Waals surface area contributed by atoms with Crippen LogP contribution in [-0.2, 0) is 9.53 Å². The van der Waals surface area contributed by atoms with Gasteiger partial charge in [-0.3, -0.25) is 4.79 Å². The summed E-state index contributed by atoms with van der Waals surface area (Å²) in [4.78, 5) is 11.2. The van der Waals surface area contributed by atoms with Gasteiger partial charge in [0.15, 0.2) is 0 Å². The van der Waals surface area contributed by atoms with E-state index < -0.39 is 0 Å². The Hall–Kier alpha value is -0.570. The molecule has 1 amide bonds. The molecule has 2 aliphatic rings. The second-order valence-corrected chi connectivity index (χ2v) is 3.42. The molecule has 0 aromatic heterocycles. The molecule has 0 aromatic rings. The summed E-state index contributed by atoms with van der Waals surface area (Å²) in [5, 5.41) is 2.93. The monoisotopic (exact) mass is 155 g/mol. The topological polar surface area (TPSA) is 38.3 Å². The fourth-order valence-corrected chi connectivity index (χ4v) is 1.10. The number of amides is 1. The Labute approximate surface area is 66.1 Å². The molecule has 1 saturated heterocycles. The molecule has 0 spiro atoms. The normalized spacial score (nSPS) is 24.4. The van der Waals surface area contributed by atoms with Crippen LogP contribution in [0.15, 0.2) is 0 Å². The predicted octanol–water partition coefficient (Wildman–Crippen LogP) is 0.159. The number of hydrogen-bond donors (Lipinski definition) is 1. The summed E-state index contributed by atoms with van der Waals surface area (Å²) in [6.45, 7) is 2.13. The lowest BCUT2D eigenvalue weighted by Gasteiger charge is -2.24. The Bertz CT molecular complexity index is 161. The van der Waals surface area contributed by atoms with Crippen molar-refractivity contribution in [2.75, 3.05) is 19.8 Å². The summed E-state index contributed by atoms with van der Waals surface area (Å²) in [5.41, 5.74) is 0. The summed E-state index contributed by atoms with van der Waals surface area (Å²) in [6, 6.07) is 0. The number of ether oxygens (including phenoxy) is 1. The molecule has 1 heterocycles. The van der Waals surface area contributed by atoms with E-state index in [1.807, 2.05) is 0 Å². The Morgan fingerprint density at radius 2 is 2.18 bits per heavy atom. The van der Waals surface area contributed by atoms with E-state index in [4.69, 9.17) is 4.74 Å². The molecule has 1 N–H and O–H groups in total. The molecule has 62 valence electrons. The van der Waals surface area contributed by atoms with E-state index in [2.05, 4.69) is 5.32 Å². The molecule has 0 bridgehead atoms. The smallest absolute Gasteiger partial charge is 0.227 e. The fourth-order valence-electron chi connectivity index (χ4n) is 1.10. The van der Waals surface area contributed by atoms with Crippen LogP contribution in [-0.4, -0.2) is 25.7 Å². The molecule has 0 unspecified atom stereocenters. The van der Waals surface area contributed by atoms with Crippen LogP contribution in [0.2, 0.25) is 0 Å². The molecule has 11 heavy (non-hydrogen) atoms. The van der Waals surface area contributed by atoms with Gasteiger partial charge in [-0.05, 0) is 18.8 Å². The fraction of sp³-hybridized carbons (Fsp3) is 0.875. The number of carbonyl (C=O) groups excluding carboxylic acids is 1. The van der Waals surface area contributed by atoms with Crippen LogP contribution in [0.4, 0.5) is 0 Å². The zero-order chi connectivity index (χ0) is 7.68. The van der Waals surface area contributed by atoms with Crippen molar-refractivity contribution in [1.82, 2.24) is 5.32 Å². The predicted molar refractivity (Wildman–Crippen MR) is 40.0 cm³/mol. The van der Waals surface area contributed by atoms with Crippen LogP contribution in [0.25, 0.3) is 0 Å². The molecule has 1 saturated carbocycles. The minimum atomic E-state index is 0.147. The van der Waals surface area contributed by atoms with E-state index in [0.29, 0.717) is 13.2 Å². The Balaban J connectivity index is 1.63. The van der Waals surface area contributed by atoms with Crippen LogP contribution >= 0.6 is 0 Å². The third-order valence-corrected chi connectivity index (χ3v) is 2.27. The first kappa shape index (κ1) is 7.10. The maximum atomic E-state index is 11.2. The minimum absolute atomic E-state index is 0.147. The maximum absolute atomic E-state index is 11.2. The van der Waals surface area contributed by atoms with Gasteiger partial charge in [0.1, 0.15) is 0 Å². The van der Waals surface area contributed by atoms with Crippen LogP contribution in [0.5, 0.6) is 0 Å². The zero-order valence-electron chi connectivity index (χ0n) is 6.51. The van der Waals surface area contributed by atoms with E-state index >= 15 is 0 Å². The first-order valence-corrected chi connectivity index (χ1v) is 4.21. The van der Waals surface area contributed by atoms with E-state index in [1.54, 1.807) is 0 Å². The van der Waals surface area contributed by atoms with Gasteiger partial charge in [-0.25, -0.2) is 0 Å². The van der Waals surface area contributed by atoms with Gasteiger partial charge in [0.05, 0.1) is 19.1 Å². The molecule has 0 radical (unpaired) electrons. The van der Waals surface area contributed by atoms with Gasteiger partial charge in [0.2, 0.25) is 5.91 Å². The first-order valence-electron chi connectivity index (χ1n) is 4.21. The Morgan fingerprint density at radius 1 is 1.45 bits per heavy atom. The summed E-state index contributed by atoms with van der Waals surface area (Å²) in [5.74, 6) is 1.11. The molecular formula is C8H13NO2. The summed E-state index contributed by atoms with van der Waals surface area (Å²) < 4.78 is 4.92. The third-order valence-electron chi connectivity index (χ3n) is 2.27. The summed E-state index contributed by atoms with van der Waals surface area (Å²) in [6.07, 6.45) is 2.59. The largest absolute Gasteiger partial charge is 0.380 e. The molecule has 0 atom stereocenters. The lowest BCUT2D eigenvalue weighted by atomic mass is 10.1. The average Bonchev–Trinajstić information content (AvgIpc) is 2.61. The molecule has 1 aliphatic carbocycles. The number of carbonyl (C=O) groups is 1. The highest BCUT2D eigenvalue weighted by Crippen LogP contribution is 2.27. The van der Waals surface area contributed by atoms with Gasteiger partial charge in [0, 0.05) is 6.54 Å². The Morgan fingerprint density at radius 3 is 2.64 bits per heavy atom. The van der Waals surface area contributed by atoms with Crippen molar-refractivity contribution in [3.05, 3.63) is 0 Å². The van der Waals surface area contributed by atoms with Crippen LogP contribution in [0, 0.1) is 11.8 Å². The molecule has 3 heteroatoms. The lowest BCUT2D eigenvalue weighted by molar-refractivity contribution is -0.138. The molecular weight excluding hydrogens is 142 g/mol. The molecule has 3 nitrogen and oxygen atoms in total. The van der Waals surface area contributed by atoms with Gasteiger partial charge in [0.25, 0.3) is 0 Å². The van der Waals surface area contributed by atoms with Crippen LogP contribution in [0.1, 0.15) is 12.8 Å². The number of nitrogens with one attached hydrogen (secondary N) is 1. The number of rotatable bonds is 3. The van der Waals surface area contributed by atoms with Crippen molar-refractivity contribution in [3.8, 4) is 0 Å². The zero-order valence-corrected chi connectivity index (χ0v) is 6.51. The van der Waals surface area contributed by atoms with Crippen LogP contribution < -0.4 is 5.32 Å². The summed E-state index contributed by atoms with van der Waals surface area (Å²) >= 11 is 0. The van der Waals surface area contributed by atoms with Crippen molar-refractivity contribution in [1.29, 1.82) is 0 Å². The van der Waals surface area contributed by atoms with Crippen LogP contribution in [0.3, 0.4) is 0 Å². The molecule has 2 rings (SSSR count). The minimum Gasteiger partial charge on any atom is -0.380 e. The highest BCUT2D eigenvalue weighted by atomic mass is 16.5. The van der Waals surface area contributed by atoms with Gasteiger partial charge >= 0.3 is 0 Å². The van der Waals surface area contributed by atoms with Crippen molar-refractivity contribution < 1.29 is 9.53 Å². The van der Waals surface area contributed by atoms with E-state index in [0.717, 1.165) is 12.5 Å². The van der Waals surface area contributed by atoms with E-state index in [1.165, 1.54) is 12.8 Å². The molecule has 2 fully saturated rings. The third kappa shape index (κ3) is 1.71. The maximum Gasteiger partial charge on any atom is 0.227 e. The van der Waals surface area contributed by atoms with Gasteiger partial charge in [-0.15, -0.1) is 0 Å². The van der Waals surface area contributed by atoms with Crippen molar-refractivity contribution >= 4 is 5.91 Å². The average molecular weight is 155 g/mol. The SMILES string of the molecule is O=C(NCC1CC1)C1COC1. The number of hydrogen-bond acceptors (Lipinski definition) is 2. The first-order chi connectivity index (χ1) is 5.36. The quantitative estimate of drug-likeness (QED) is 0.630. The Kier molecular flexibility index (Phi) is 1.82. The second kappa shape index (κ2) is 2.81. The lowest BCUT2D eigenvalue weighted by Crippen LogP contribution is -2.42. The molecule has 0 aromatic carbocycles. The standard InChI is InChI=1S/C8H13NO2/c10-8(7-4-11-5-7)9-3-6-1-2-6/h6-7H,1-5H2,(H,9,10). The van der Waals surface area contributed by atoms with Gasteiger partial charge in [-0.2, -0.15) is 0 Å². The highest BCUT2D eigenvalue weighted by Gasteiger charge is 2.28. The van der Waals surface area contributed by atoms with E-state index in [9.17, 15) is 4.79 Å². The van der Waals surface area contributed by atoms with Crippen molar-refractivity contribution in [3.63, 3.8) is 0 Å². The highest BCUT2D eigenvalue weighted by molar-refractivity contribution is 5.79.